The minimum atomic E-state index is -0.527. The van der Waals surface area contributed by atoms with Gasteiger partial charge >= 0.3 is 5.97 Å². The molecule has 0 aromatic carbocycles. The number of ether oxygens (including phenoxy) is 4. The highest BCUT2D eigenvalue weighted by molar-refractivity contribution is 5.73. The van der Waals surface area contributed by atoms with Gasteiger partial charge in [-0.05, 0) is 37.5 Å². The van der Waals surface area contributed by atoms with Crippen molar-refractivity contribution >= 4 is 5.97 Å². The Morgan fingerprint density at radius 1 is 1.05 bits per heavy atom. The molecule has 5 nitrogen and oxygen atoms in total. The standard InChI is InChI=1S/C17H24O5/c1-8-3-10-5-9(2)17(11(4-8)6-10)21-15-14-12(7-13(18)20-14)19-16(15)22-17/h8-12,14-16H,3-7H2,1-2H3. The highest BCUT2D eigenvalue weighted by Crippen LogP contribution is 2.57. The topological polar surface area (TPSA) is 54.0 Å². The molecule has 2 aliphatic carbocycles. The molecule has 2 bridgehead atoms. The van der Waals surface area contributed by atoms with Gasteiger partial charge in [0.05, 0.1) is 6.42 Å². The van der Waals surface area contributed by atoms with Gasteiger partial charge in [0.15, 0.2) is 24.3 Å². The summed E-state index contributed by atoms with van der Waals surface area (Å²) >= 11 is 0. The summed E-state index contributed by atoms with van der Waals surface area (Å²) in [6, 6.07) is 0. The highest BCUT2D eigenvalue weighted by Gasteiger charge is 2.66. The largest absolute Gasteiger partial charge is 0.456 e. The molecule has 0 aromatic rings. The van der Waals surface area contributed by atoms with Crippen LogP contribution < -0.4 is 0 Å². The molecule has 0 radical (unpaired) electrons. The maximum atomic E-state index is 11.5. The van der Waals surface area contributed by atoms with E-state index < -0.39 is 5.79 Å². The van der Waals surface area contributed by atoms with E-state index in [-0.39, 0.29) is 30.6 Å². The quantitative estimate of drug-likeness (QED) is 0.642. The fourth-order valence-corrected chi connectivity index (χ4v) is 5.76. The molecule has 2 saturated carbocycles. The third-order valence-corrected chi connectivity index (χ3v) is 6.51. The molecule has 9 unspecified atom stereocenters. The van der Waals surface area contributed by atoms with Gasteiger partial charge in [-0.1, -0.05) is 13.8 Å². The number of hydrogen-bond acceptors (Lipinski definition) is 5. The number of hydrogen-bond donors (Lipinski definition) is 0. The molecule has 3 aliphatic heterocycles. The van der Waals surface area contributed by atoms with Gasteiger partial charge in [0.2, 0.25) is 0 Å². The number of carbonyl (C=O) groups excluding carboxylic acids is 1. The summed E-state index contributed by atoms with van der Waals surface area (Å²) in [4.78, 5) is 11.5. The first-order chi connectivity index (χ1) is 10.5. The normalized spacial score (nSPS) is 59.5. The summed E-state index contributed by atoms with van der Waals surface area (Å²) in [5.74, 6) is 1.64. The molecule has 5 fully saturated rings. The van der Waals surface area contributed by atoms with Crippen LogP contribution in [0.3, 0.4) is 0 Å². The summed E-state index contributed by atoms with van der Waals surface area (Å²) in [6.45, 7) is 4.58. The molecule has 5 aliphatic rings. The summed E-state index contributed by atoms with van der Waals surface area (Å²) in [5.41, 5.74) is 0. The minimum absolute atomic E-state index is 0.180. The minimum Gasteiger partial charge on any atom is -0.456 e. The van der Waals surface area contributed by atoms with Crippen LogP contribution in [-0.2, 0) is 23.7 Å². The Morgan fingerprint density at radius 2 is 1.91 bits per heavy atom. The predicted octanol–water partition coefficient (Wildman–Crippen LogP) is 2.23. The predicted molar refractivity (Wildman–Crippen MR) is 75.6 cm³/mol. The lowest BCUT2D eigenvalue weighted by Crippen LogP contribution is -2.54. The van der Waals surface area contributed by atoms with Crippen LogP contribution in [-0.4, -0.2) is 36.4 Å². The van der Waals surface area contributed by atoms with Crippen LogP contribution in [0, 0.1) is 23.7 Å². The first-order valence-electron chi connectivity index (χ1n) is 8.75. The Bertz CT molecular complexity index is 503. The molecule has 5 heteroatoms. The third-order valence-electron chi connectivity index (χ3n) is 6.51. The Kier molecular flexibility index (Phi) is 2.79. The van der Waals surface area contributed by atoms with Gasteiger partial charge < -0.3 is 18.9 Å². The van der Waals surface area contributed by atoms with Gasteiger partial charge in [0.1, 0.15) is 6.10 Å². The summed E-state index contributed by atoms with van der Waals surface area (Å²) in [5, 5.41) is 0. The van der Waals surface area contributed by atoms with Crippen molar-refractivity contribution < 1.29 is 23.7 Å². The van der Waals surface area contributed by atoms with Gasteiger partial charge in [-0.3, -0.25) is 4.79 Å². The second-order valence-electron chi connectivity index (χ2n) is 8.14. The highest BCUT2D eigenvalue weighted by atomic mass is 16.8. The summed E-state index contributed by atoms with van der Waals surface area (Å²) in [6.07, 6.45) is 4.12. The van der Waals surface area contributed by atoms with Crippen LogP contribution in [0.5, 0.6) is 0 Å². The Morgan fingerprint density at radius 3 is 2.77 bits per heavy atom. The molecule has 0 N–H and O–H groups in total. The first kappa shape index (κ1) is 13.8. The van der Waals surface area contributed by atoms with E-state index in [0.29, 0.717) is 18.3 Å². The molecule has 1 spiro atoms. The smallest absolute Gasteiger partial charge is 0.309 e. The molecule has 0 aromatic heterocycles. The van der Waals surface area contributed by atoms with E-state index >= 15 is 0 Å². The molecular formula is C17H24O5. The molecule has 0 amide bonds. The van der Waals surface area contributed by atoms with Crippen molar-refractivity contribution in [3.8, 4) is 0 Å². The lowest BCUT2D eigenvalue weighted by molar-refractivity contribution is -0.301. The van der Waals surface area contributed by atoms with E-state index in [1.54, 1.807) is 0 Å². The van der Waals surface area contributed by atoms with Crippen LogP contribution in [0.25, 0.3) is 0 Å². The van der Waals surface area contributed by atoms with E-state index in [0.717, 1.165) is 24.7 Å². The maximum absolute atomic E-state index is 11.5. The van der Waals surface area contributed by atoms with Gasteiger partial charge in [0, 0.05) is 11.8 Å². The van der Waals surface area contributed by atoms with Crippen molar-refractivity contribution in [2.75, 3.05) is 0 Å². The fourth-order valence-electron chi connectivity index (χ4n) is 5.76. The van der Waals surface area contributed by atoms with Crippen LogP contribution in [0.15, 0.2) is 0 Å². The number of rotatable bonds is 0. The molecular weight excluding hydrogens is 284 g/mol. The molecule has 5 rings (SSSR count). The molecule has 3 heterocycles. The second kappa shape index (κ2) is 4.46. The van der Waals surface area contributed by atoms with Crippen molar-refractivity contribution in [1.29, 1.82) is 0 Å². The van der Waals surface area contributed by atoms with Crippen molar-refractivity contribution in [2.24, 2.45) is 23.7 Å². The average molecular weight is 308 g/mol. The fraction of sp³-hybridized carbons (Fsp3) is 0.941. The Labute approximate surface area is 130 Å². The first-order valence-corrected chi connectivity index (χ1v) is 8.75. The van der Waals surface area contributed by atoms with Crippen molar-refractivity contribution in [1.82, 2.24) is 0 Å². The molecule has 9 atom stereocenters. The van der Waals surface area contributed by atoms with Crippen LogP contribution in [0.2, 0.25) is 0 Å². The molecule has 122 valence electrons. The zero-order chi connectivity index (χ0) is 15.1. The summed E-state index contributed by atoms with van der Waals surface area (Å²) < 4.78 is 24.2. The van der Waals surface area contributed by atoms with E-state index in [9.17, 15) is 4.79 Å². The molecule has 22 heavy (non-hydrogen) atoms. The van der Waals surface area contributed by atoms with E-state index in [1.165, 1.54) is 12.8 Å². The van der Waals surface area contributed by atoms with Gasteiger partial charge in [-0.2, -0.15) is 0 Å². The van der Waals surface area contributed by atoms with Gasteiger partial charge in [-0.15, -0.1) is 0 Å². The lowest BCUT2D eigenvalue weighted by Gasteiger charge is -2.51. The molecule has 3 saturated heterocycles. The van der Waals surface area contributed by atoms with Crippen molar-refractivity contribution in [3.63, 3.8) is 0 Å². The Hall–Kier alpha value is -0.650. The SMILES string of the molecule is CC1CC2CC(C)C3(OC4OC5CC(=O)OC5C4O3)C(C1)C2. The zero-order valence-corrected chi connectivity index (χ0v) is 13.2. The number of fused-ring (bicyclic) bond motifs is 6. The number of esters is 1. The van der Waals surface area contributed by atoms with Gasteiger partial charge in [-0.25, -0.2) is 0 Å². The second-order valence-corrected chi connectivity index (χ2v) is 8.14. The van der Waals surface area contributed by atoms with E-state index in [4.69, 9.17) is 18.9 Å². The third kappa shape index (κ3) is 1.73. The van der Waals surface area contributed by atoms with Crippen LogP contribution in [0.1, 0.15) is 46.0 Å². The van der Waals surface area contributed by atoms with Crippen LogP contribution in [0.4, 0.5) is 0 Å². The lowest BCUT2D eigenvalue weighted by atomic mass is 9.62. The van der Waals surface area contributed by atoms with Crippen molar-refractivity contribution in [3.05, 3.63) is 0 Å². The van der Waals surface area contributed by atoms with Crippen molar-refractivity contribution in [2.45, 2.75) is 76.3 Å². The Balaban J connectivity index is 1.43. The zero-order valence-electron chi connectivity index (χ0n) is 13.2. The average Bonchev–Trinajstić information content (AvgIpc) is 3.05. The monoisotopic (exact) mass is 308 g/mol. The maximum Gasteiger partial charge on any atom is 0.309 e. The number of carbonyl (C=O) groups is 1. The van der Waals surface area contributed by atoms with E-state index in [1.807, 2.05) is 0 Å². The van der Waals surface area contributed by atoms with E-state index in [2.05, 4.69) is 13.8 Å². The summed E-state index contributed by atoms with van der Waals surface area (Å²) in [7, 11) is 0. The van der Waals surface area contributed by atoms with Gasteiger partial charge in [0.25, 0.3) is 0 Å². The van der Waals surface area contributed by atoms with Crippen LogP contribution >= 0.6 is 0 Å².